The van der Waals surface area contributed by atoms with Crippen LogP contribution >= 0.6 is 0 Å². The second-order valence-electron chi connectivity index (χ2n) is 6.11. The van der Waals surface area contributed by atoms with Crippen molar-refractivity contribution in [2.75, 3.05) is 6.61 Å². The number of carbonyl (C=O) groups is 1. The van der Waals surface area contributed by atoms with Gasteiger partial charge in [-0.05, 0) is 18.6 Å². The van der Waals surface area contributed by atoms with Gasteiger partial charge in [-0.3, -0.25) is 0 Å². The summed E-state index contributed by atoms with van der Waals surface area (Å²) >= 11 is 0. The number of aryl methyl sites for hydroxylation is 1. The summed E-state index contributed by atoms with van der Waals surface area (Å²) in [5.41, 5.74) is 1.45. The molecule has 0 bridgehead atoms. The van der Waals surface area contributed by atoms with Crippen LogP contribution < -0.4 is 0 Å². The summed E-state index contributed by atoms with van der Waals surface area (Å²) < 4.78 is 17.2. The van der Waals surface area contributed by atoms with E-state index < -0.39 is 12.1 Å². The highest BCUT2D eigenvalue weighted by Crippen LogP contribution is 2.38. The minimum absolute atomic E-state index is 0.180. The second kappa shape index (κ2) is 6.16. The quantitative estimate of drug-likeness (QED) is 0.796. The van der Waals surface area contributed by atoms with Crippen LogP contribution in [0.2, 0.25) is 0 Å². The van der Waals surface area contributed by atoms with E-state index in [0.29, 0.717) is 5.56 Å². The highest BCUT2D eigenvalue weighted by molar-refractivity contribution is 5.91. The van der Waals surface area contributed by atoms with Gasteiger partial charge in [-0.1, -0.05) is 45.9 Å². The van der Waals surface area contributed by atoms with E-state index in [4.69, 9.17) is 14.2 Å². The van der Waals surface area contributed by atoms with E-state index >= 15 is 0 Å². The van der Waals surface area contributed by atoms with E-state index in [1.54, 1.807) is 6.07 Å². The van der Waals surface area contributed by atoms with Crippen LogP contribution in [0.1, 0.15) is 43.6 Å². The van der Waals surface area contributed by atoms with Gasteiger partial charge in [-0.2, -0.15) is 0 Å². The van der Waals surface area contributed by atoms with Crippen LogP contribution in [0.15, 0.2) is 24.3 Å². The minimum Gasteiger partial charge on any atom is -0.429 e. The zero-order chi connectivity index (χ0) is 15.6. The Bertz CT molecular complexity index is 499. The van der Waals surface area contributed by atoms with Gasteiger partial charge in [-0.25, -0.2) is 4.79 Å². The van der Waals surface area contributed by atoms with Crippen molar-refractivity contribution in [2.45, 2.75) is 46.7 Å². The Morgan fingerprint density at radius 1 is 1.24 bits per heavy atom. The predicted molar refractivity (Wildman–Crippen MR) is 79.8 cm³/mol. The van der Waals surface area contributed by atoms with Crippen LogP contribution in [-0.2, 0) is 14.2 Å². The second-order valence-corrected chi connectivity index (χ2v) is 6.11. The molecule has 4 heteroatoms. The molecule has 1 atom stereocenters. The van der Waals surface area contributed by atoms with E-state index in [-0.39, 0.29) is 24.4 Å². The fourth-order valence-electron chi connectivity index (χ4n) is 2.79. The smallest absolute Gasteiger partial charge is 0.340 e. The average molecular weight is 292 g/mol. The first kappa shape index (κ1) is 16.0. The zero-order valence-corrected chi connectivity index (χ0v) is 13.4. The first-order chi connectivity index (χ1) is 9.86. The van der Waals surface area contributed by atoms with Crippen LogP contribution in [0.3, 0.4) is 0 Å². The molecule has 1 aliphatic rings. The molecular weight excluding hydrogens is 268 g/mol. The number of hydrogen-bond acceptors (Lipinski definition) is 4. The molecule has 1 unspecified atom stereocenters. The third-order valence-corrected chi connectivity index (χ3v) is 3.97. The molecule has 2 rings (SSSR count). The first-order valence-electron chi connectivity index (χ1n) is 7.45. The normalized spacial score (nSPS) is 21.0. The van der Waals surface area contributed by atoms with Crippen LogP contribution in [0.25, 0.3) is 0 Å². The lowest BCUT2D eigenvalue weighted by Gasteiger charge is -2.35. The molecule has 1 aromatic rings. The van der Waals surface area contributed by atoms with Crippen molar-refractivity contribution in [1.82, 2.24) is 0 Å². The van der Waals surface area contributed by atoms with E-state index in [9.17, 15) is 4.79 Å². The molecule has 1 heterocycles. The van der Waals surface area contributed by atoms with Gasteiger partial charge in [0.15, 0.2) is 5.79 Å². The molecule has 1 saturated heterocycles. The molecule has 0 aliphatic carbocycles. The van der Waals surface area contributed by atoms with Crippen LogP contribution in [0.5, 0.6) is 0 Å². The van der Waals surface area contributed by atoms with E-state index in [1.165, 1.54) is 0 Å². The average Bonchev–Trinajstić information content (AvgIpc) is 2.84. The Morgan fingerprint density at radius 2 is 1.86 bits per heavy atom. The lowest BCUT2D eigenvalue weighted by atomic mass is 9.92. The third kappa shape index (κ3) is 3.11. The monoisotopic (exact) mass is 292 g/mol. The molecule has 0 aromatic heterocycles. The van der Waals surface area contributed by atoms with Gasteiger partial charge in [0.2, 0.25) is 6.29 Å². The van der Waals surface area contributed by atoms with Gasteiger partial charge in [-0.15, -0.1) is 0 Å². The minimum atomic E-state index is -0.684. The molecule has 0 N–H and O–H groups in total. The maximum atomic E-state index is 12.2. The van der Waals surface area contributed by atoms with E-state index in [2.05, 4.69) is 0 Å². The number of esters is 1. The first-order valence-corrected chi connectivity index (χ1v) is 7.45. The molecule has 0 amide bonds. The number of benzene rings is 1. The van der Waals surface area contributed by atoms with Gasteiger partial charge < -0.3 is 14.2 Å². The van der Waals surface area contributed by atoms with Gasteiger partial charge in [0.1, 0.15) is 6.61 Å². The maximum Gasteiger partial charge on any atom is 0.340 e. The SMILES string of the molecule is Cc1ccccc1C(=O)OC1COC(C(C)C)(C(C)C)O1. The molecule has 0 spiro atoms. The highest BCUT2D eigenvalue weighted by atomic mass is 16.8. The Labute approximate surface area is 126 Å². The molecule has 116 valence electrons. The van der Waals surface area contributed by atoms with E-state index in [0.717, 1.165) is 5.56 Å². The topological polar surface area (TPSA) is 44.8 Å². The highest BCUT2D eigenvalue weighted by Gasteiger charge is 2.48. The largest absolute Gasteiger partial charge is 0.429 e. The summed E-state index contributed by atoms with van der Waals surface area (Å²) in [6, 6.07) is 7.35. The van der Waals surface area contributed by atoms with Crippen molar-refractivity contribution in [3.05, 3.63) is 35.4 Å². The van der Waals surface area contributed by atoms with Crippen LogP contribution in [-0.4, -0.2) is 24.7 Å². The lowest BCUT2D eigenvalue weighted by molar-refractivity contribution is -0.246. The summed E-state index contributed by atoms with van der Waals surface area (Å²) in [5.74, 6) is -0.694. The van der Waals surface area contributed by atoms with Crippen LogP contribution in [0, 0.1) is 18.8 Å². The Kier molecular flexibility index (Phi) is 4.69. The molecule has 1 fully saturated rings. The van der Waals surface area contributed by atoms with E-state index in [1.807, 2.05) is 52.8 Å². The fraction of sp³-hybridized carbons (Fsp3) is 0.588. The van der Waals surface area contributed by atoms with Gasteiger partial charge in [0.05, 0.1) is 5.56 Å². The molecule has 21 heavy (non-hydrogen) atoms. The Balaban J connectivity index is 2.06. The molecule has 1 aliphatic heterocycles. The summed E-state index contributed by atoms with van der Waals surface area (Å²) in [7, 11) is 0. The number of hydrogen-bond donors (Lipinski definition) is 0. The third-order valence-electron chi connectivity index (χ3n) is 3.97. The summed E-state index contributed by atoms with van der Waals surface area (Å²) in [5, 5.41) is 0. The van der Waals surface area contributed by atoms with Crippen molar-refractivity contribution in [1.29, 1.82) is 0 Å². The predicted octanol–water partition coefficient (Wildman–Crippen LogP) is 3.53. The Morgan fingerprint density at radius 3 is 2.38 bits per heavy atom. The number of rotatable bonds is 4. The molecule has 4 nitrogen and oxygen atoms in total. The maximum absolute atomic E-state index is 12.2. The van der Waals surface area contributed by atoms with Crippen molar-refractivity contribution in [3.8, 4) is 0 Å². The van der Waals surface area contributed by atoms with Crippen LogP contribution in [0.4, 0.5) is 0 Å². The zero-order valence-electron chi connectivity index (χ0n) is 13.4. The molecule has 0 radical (unpaired) electrons. The van der Waals surface area contributed by atoms with Gasteiger partial charge >= 0.3 is 5.97 Å². The van der Waals surface area contributed by atoms with Gasteiger partial charge in [0.25, 0.3) is 0 Å². The number of carbonyl (C=O) groups excluding carboxylic acids is 1. The van der Waals surface area contributed by atoms with Crippen molar-refractivity contribution in [2.24, 2.45) is 11.8 Å². The van der Waals surface area contributed by atoms with Crippen molar-refractivity contribution in [3.63, 3.8) is 0 Å². The summed E-state index contributed by atoms with van der Waals surface area (Å²) in [6.45, 7) is 10.3. The molecular formula is C17H24O4. The fourth-order valence-corrected chi connectivity index (χ4v) is 2.79. The summed E-state index contributed by atoms with van der Waals surface area (Å²) in [6.07, 6.45) is -0.651. The summed E-state index contributed by atoms with van der Waals surface area (Å²) in [4.78, 5) is 12.2. The standard InChI is InChI=1S/C17H24O4/c1-11(2)17(12(3)4)19-10-15(21-17)20-16(18)14-9-7-6-8-13(14)5/h6-9,11-12,15H,10H2,1-5H3. The lowest BCUT2D eigenvalue weighted by Crippen LogP contribution is -2.42. The van der Waals surface area contributed by atoms with Crippen molar-refractivity contribution < 1.29 is 19.0 Å². The molecule has 1 aromatic carbocycles. The Hall–Kier alpha value is -1.39. The van der Waals surface area contributed by atoms with Gasteiger partial charge in [0, 0.05) is 11.8 Å². The van der Waals surface area contributed by atoms with Crippen molar-refractivity contribution >= 4 is 5.97 Å². The number of ether oxygens (including phenoxy) is 3. The molecule has 0 saturated carbocycles.